The van der Waals surface area contributed by atoms with Crippen LogP contribution < -0.4 is 11.1 Å². The van der Waals surface area contributed by atoms with Gasteiger partial charge in [-0.15, -0.1) is 0 Å². The Hall–Kier alpha value is -1.43. The Balaban J connectivity index is 1.90. The lowest BCUT2D eigenvalue weighted by molar-refractivity contribution is -0.146. The summed E-state index contributed by atoms with van der Waals surface area (Å²) >= 11 is 0. The SMILES string of the molecule is COC(=O)[C@H](C[C@@H]1CCCC1=O)NC(=O)[C@@H](N)CC1CC1. The highest BCUT2D eigenvalue weighted by molar-refractivity contribution is 5.88. The van der Waals surface area contributed by atoms with Crippen molar-refractivity contribution in [1.29, 1.82) is 0 Å². The average molecular weight is 296 g/mol. The molecule has 0 saturated heterocycles. The Morgan fingerprint density at radius 1 is 1.33 bits per heavy atom. The fraction of sp³-hybridized carbons (Fsp3) is 0.800. The predicted molar refractivity (Wildman–Crippen MR) is 76.2 cm³/mol. The molecule has 0 aromatic rings. The molecule has 3 N–H and O–H groups in total. The van der Waals surface area contributed by atoms with E-state index in [2.05, 4.69) is 5.32 Å². The molecule has 118 valence electrons. The zero-order chi connectivity index (χ0) is 15.4. The molecule has 0 aromatic carbocycles. The first-order valence-corrected chi connectivity index (χ1v) is 7.67. The highest BCUT2D eigenvalue weighted by atomic mass is 16.5. The van der Waals surface area contributed by atoms with E-state index in [9.17, 15) is 14.4 Å². The first kappa shape index (κ1) is 15.9. The van der Waals surface area contributed by atoms with E-state index < -0.39 is 18.1 Å². The van der Waals surface area contributed by atoms with Crippen molar-refractivity contribution in [2.75, 3.05) is 7.11 Å². The van der Waals surface area contributed by atoms with Crippen LogP contribution in [0.2, 0.25) is 0 Å². The quantitative estimate of drug-likeness (QED) is 0.668. The number of esters is 1. The van der Waals surface area contributed by atoms with Gasteiger partial charge in [-0.3, -0.25) is 9.59 Å². The second kappa shape index (κ2) is 7.02. The van der Waals surface area contributed by atoms with Gasteiger partial charge in [-0.25, -0.2) is 4.79 Å². The molecule has 0 heterocycles. The Morgan fingerprint density at radius 2 is 2.05 bits per heavy atom. The largest absolute Gasteiger partial charge is 0.467 e. The number of carbonyl (C=O) groups excluding carboxylic acids is 3. The topological polar surface area (TPSA) is 98.5 Å². The van der Waals surface area contributed by atoms with Gasteiger partial charge >= 0.3 is 5.97 Å². The van der Waals surface area contributed by atoms with E-state index in [1.165, 1.54) is 7.11 Å². The fourth-order valence-electron chi connectivity index (χ4n) is 2.88. The van der Waals surface area contributed by atoms with E-state index in [1.807, 2.05) is 0 Å². The van der Waals surface area contributed by atoms with Crippen molar-refractivity contribution in [2.45, 2.75) is 57.0 Å². The van der Waals surface area contributed by atoms with Crippen LogP contribution in [0, 0.1) is 11.8 Å². The van der Waals surface area contributed by atoms with Crippen molar-refractivity contribution in [3.63, 3.8) is 0 Å². The molecule has 2 fully saturated rings. The Bertz CT molecular complexity index is 420. The number of nitrogens with two attached hydrogens (primary N) is 1. The third-order valence-electron chi connectivity index (χ3n) is 4.37. The molecule has 0 spiro atoms. The summed E-state index contributed by atoms with van der Waals surface area (Å²) in [6.07, 6.45) is 5.40. The fourth-order valence-corrected chi connectivity index (χ4v) is 2.88. The number of carbonyl (C=O) groups is 3. The standard InChI is InChI=1S/C15H24N2O4/c1-21-15(20)12(8-10-3-2-4-13(10)18)17-14(19)11(16)7-9-5-6-9/h9-12H,2-8,16H2,1H3,(H,17,19)/t10-,11-,12-/m0/s1. The number of ketones is 1. The molecule has 2 aliphatic carbocycles. The monoisotopic (exact) mass is 296 g/mol. The van der Waals surface area contributed by atoms with E-state index >= 15 is 0 Å². The maximum atomic E-state index is 12.1. The highest BCUT2D eigenvalue weighted by Gasteiger charge is 2.33. The highest BCUT2D eigenvalue weighted by Crippen LogP contribution is 2.33. The van der Waals surface area contributed by atoms with Gasteiger partial charge in [-0.2, -0.15) is 0 Å². The molecular weight excluding hydrogens is 272 g/mol. The van der Waals surface area contributed by atoms with Gasteiger partial charge in [-0.05, 0) is 31.6 Å². The molecule has 0 aromatic heterocycles. The van der Waals surface area contributed by atoms with Gasteiger partial charge in [-0.1, -0.05) is 12.8 Å². The third kappa shape index (κ3) is 4.52. The Kier molecular flexibility index (Phi) is 5.33. The lowest BCUT2D eigenvalue weighted by atomic mass is 9.97. The molecule has 1 amide bonds. The van der Waals surface area contributed by atoms with Gasteiger partial charge in [0, 0.05) is 12.3 Å². The number of nitrogens with one attached hydrogen (secondary N) is 1. The molecule has 0 aliphatic heterocycles. The van der Waals surface area contributed by atoms with Crippen LogP contribution in [0.4, 0.5) is 0 Å². The van der Waals surface area contributed by atoms with Crippen LogP contribution in [0.5, 0.6) is 0 Å². The van der Waals surface area contributed by atoms with Gasteiger partial charge in [0.25, 0.3) is 0 Å². The first-order valence-electron chi connectivity index (χ1n) is 7.67. The van der Waals surface area contributed by atoms with Crippen LogP contribution in [-0.2, 0) is 19.1 Å². The minimum absolute atomic E-state index is 0.158. The zero-order valence-corrected chi connectivity index (χ0v) is 12.5. The van der Waals surface area contributed by atoms with Crippen molar-refractivity contribution in [3.05, 3.63) is 0 Å². The molecule has 2 rings (SSSR count). The van der Waals surface area contributed by atoms with Gasteiger partial charge in [0.15, 0.2) is 0 Å². The van der Waals surface area contributed by atoms with E-state index in [-0.39, 0.29) is 17.6 Å². The molecule has 0 radical (unpaired) electrons. The number of amides is 1. The summed E-state index contributed by atoms with van der Waals surface area (Å²) in [5.41, 5.74) is 5.85. The number of ether oxygens (including phenoxy) is 1. The van der Waals surface area contributed by atoms with Crippen LogP contribution in [0.15, 0.2) is 0 Å². The number of methoxy groups -OCH3 is 1. The lowest BCUT2D eigenvalue weighted by Crippen LogP contribution is -2.49. The van der Waals surface area contributed by atoms with E-state index in [4.69, 9.17) is 10.5 Å². The smallest absolute Gasteiger partial charge is 0.328 e. The number of Topliss-reactive ketones (excluding diaryl/α,β-unsaturated/α-hetero) is 1. The minimum Gasteiger partial charge on any atom is -0.467 e. The number of rotatable bonds is 7. The summed E-state index contributed by atoms with van der Waals surface area (Å²) in [6, 6.07) is -1.37. The maximum absolute atomic E-state index is 12.1. The Labute approximate surface area is 124 Å². The van der Waals surface area contributed by atoms with Crippen molar-refractivity contribution in [3.8, 4) is 0 Å². The second-order valence-electron chi connectivity index (χ2n) is 6.16. The summed E-state index contributed by atoms with van der Waals surface area (Å²) in [7, 11) is 1.28. The molecular formula is C15H24N2O4. The van der Waals surface area contributed by atoms with Crippen LogP contribution in [-0.4, -0.2) is 36.9 Å². The van der Waals surface area contributed by atoms with Crippen molar-refractivity contribution in [2.24, 2.45) is 17.6 Å². The Morgan fingerprint density at radius 3 is 2.57 bits per heavy atom. The molecule has 2 saturated carbocycles. The molecule has 3 atom stereocenters. The van der Waals surface area contributed by atoms with Crippen molar-refractivity contribution >= 4 is 17.7 Å². The molecule has 21 heavy (non-hydrogen) atoms. The number of hydrogen-bond donors (Lipinski definition) is 2. The zero-order valence-electron chi connectivity index (χ0n) is 12.5. The van der Waals surface area contributed by atoms with E-state index in [0.717, 1.165) is 25.7 Å². The second-order valence-corrected chi connectivity index (χ2v) is 6.16. The lowest BCUT2D eigenvalue weighted by Gasteiger charge is -2.21. The number of hydrogen-bond acceptors (Lipinski definition) is 5. The maximum Gasteiger partial charge on any atom is 0.328 e. The summed E-state index contributed by atoms with van der Waals surface area (Å²) in [6.45, 7) is 0. The third-order valence-corrected chi connectivity index (χ3v) is 4.37. The first-order chi connectivity index (χ1) is 10.0. The van der Waals surface area contributed by atoms with Gasteiger partial charge < -0.3 is 15.8 Å². The summed E-state index contributed by atoms with van der Waals surface area (Å²) in [5, 5.41) is 2.66. The van der Waals surface area contributed by atoms with Crippen molar-refractivity contribution < 1.29 is 19.1 Å². The van der Waals surface area contributed by atoms with Gasteiger partial charge in [0.05, 0.1) is 13.2 Å². The van der Waals surface area contributed by atoms with Crippen LogP contribution in [0.1, 0.15) is 44.9 Å². The van der Waals surface area contributed by atoms with Gasteiger partial charge in [0.2, 0.25) is 5.91 Å². The normalized spacial score (nSPS) is 24.5. The minimum atomic E-state index is -0.778. The molecule has 2 aliphatic rings. The van der Waals surface area contributed by atoms with Crippen LogP contribution in [0.25, 0.3) is 0 Å². The van der Waals surface area contributed by atoms with E-state index in [1.54, 1.807) is 0 Å². The molecule has 0 unspecified atom stereocenters. The summed E-state index contributed by atoms with van der Waals surface area (Å²) in [5.74, 6) is -0.294. The van der Waals surface area contributed by atoms with Crippen LogP contribution >= 0.6 is 0 Å². The van der Waals surface area contributed by atoms with Crippen molar-refractivity contribution in [1.82, 2.24) is 5.32 Å². The summed E-state index contributed by atoms with van der Waals surface area (Å²) < 4.78 is 4.73. The molecule has 6 nitrogen and oxygen atoms in total. The average Bonchev–Trinajstić information content (AvgIpc) is 3.19. The predicted octanol–water partition coefficient (Wildman–Crippen LogP) is 0.531. The van der Waals surface area contributed by atoms with Crippen LogP contribution in [0.3, 0.4) is 0 Å². The molecule has 6 heteroatoms. The molecule has 0 bridgehead atoms. The summed E-state index contributed by atoms with van der Waals surface area (Å²) in [4.78, 5) is 35.6. The van der Waals surface area contributed by atoms with Gasteiger partial charge in [0.1, 0.15) is 11.8 Å². The van der Waals surface area contributed by atoms with E-state index in [0.29, 0.717) is 25.2 Å².